The summed E-state index contributed by atoms with van der Waals surface area (Å²) >= 11 is 1.72. The van der Waals surface area contributed by atoms with E-state index in [2.05, 4.69) is 28.8 Å². The fourth-order valence-electron chi connectivity index (χ4n) is 1.91. The Morgan fingerprint density at radius 1 is 1.56 bits per heavy atom. The molecule has 0 amide bonds. The Bertz CT molecular complexity index is 445. The third-order valence-corrected chi connectivity index (χ3v) is 3.44. The summed E-state index contributed by atoms with van der Waals surface area (Å²) in [6, 6.07) is 2.19. The lowest BCUT2D eigenvalue weighted by atomic mass is 10.0. The van der Waals surface area contributed by atoms with Gasteiger partial charge in [0.2, 0.25) is 0 Å². The van der Waals surface area contributed by atoms with Crippen LogP contribution in [-0.2, 0) is 19.9 Å². The standard InChI is InChI=1S/C12H17N3S/c1-3-12-10(7-15(2)14-12)11(13)6-9-4-5-16-8-9/h4-5,7-8,11H,3,6,13H2,1-2H3. The predicted molar refractivity (Wildman–Crippen MR) is 67.5 cm³/mol. The van der Waals surface area contributed by atoms with Gasteiger partial charge in [-0.25, -0.2) is 0 Å². The van der Waals surface area contributed by atoms with Crippen LogP contribution in [0.3, 0.4) is 0 Å². The number of aryl methyl sites for hydroxylation is 2. The van der Waals surface area contributed by atoms with E-state index >= 15 is 0 Å². The molecule has 86 valence electrons. The third-order valence-electron chi connectivity index (χ3n) is 2.71. The van der Waals surface area contributed by atoms with Crippen LogP contribution in [0.1, 0.15) is 29.8 Å². The summed E-state index contributed by atoms with van der Waals surface area (Å²) in [5.41, 5.74) is 9.83. The first-order chi connectivity index (χ1) is 7.70. The molecule has 2 aromatic heterocycles. The normalized spacial score (nSPS) is 12.9. The molecule has 0 spiro atoms. The summed E-state index contributed by atoms with van der Waals surface area (Å²) in [4.78, 5) is 0. The number of hydrogen-bond donors (Lipinski definition) is 1. The van der Waals surface area contributed by atoms with E-state index in [1.807, 2.05) is 17.9 Å². The first kappa shape index (κ1) is 11.4. The molecule has 0 aliphatic carbocycles. The molecule has 4 heteroatoms. The average molecular weight is 235 g/mol. The highest BCUT2D eigenvalue weighted by atomic mass is 32.1. The van der Waals surface area contributed by atoms with Crippen LogP contribution in [-0.4, -0.2) is 9.78 Å². The number of rotatable bonds is 4. The van der Waals surface area contributed by atoms with E-state index in [-0.39, 0.29) is 6.04 Å². The van der Waals surface area contributed by atoms with Crippen molar-refractivity contribution in [3.8, 4) is 0 Å². The minimum absolute atomic E-state index is 0.0539. The summed E-state index contributed by atoms with van der Waals surface area (Å²) in [5, 5.41) is 8.66. The highest BCUT2D eigenvalue weighted by molar-refractivity contribution is 7.07. The molecular formula is C12H17N3S. The van der Waals surface area contributed by atoms with Gasteiger partial charge in [-0.3, -0.25) is 4.68 Å². The molecule has 0 bridgehead atoms. The second kappa shape index (κ2) is 4.80. The Kier molecular flexibility index (Phi) is 3.41. The molecule has 0 aliphatic rings. The number of aromatic nitrogens is 2. The van der Waals surface area contributed by atoms with Gasteiger partial charge in [0.1, 0.15) is 0 Å². The Labute approximate surface area is 99.9 Å². The van der Waals surface area contributed by atoms with Crippen LogP contribution < -0.4 is 5.73 Å². The largest absolute Gasteiger partial charge is 0.324 e. The number of nitrogens with two attached hydrogens (primary N) is 1. The number of thiophene rings is 1. The zero-order chi connectivity index (χ0) is 11.5. The van der Waals surface area contributed by atoms with Gasteiger partial charge in [-0.1, -0.05) is 6.92 Å². The smallest absolute Gasteiger partial charge is 0.0669 e. The van der Waals surface area contributed by atoms with Crippen LogP contribution in [0.25, 0.3) is 0 Å². The third kappa shape index (κ3) is 2.33. The van der Waals surface area contributed by atoms with Gasteiger partial charge < -0.3 is 5.73 Å². The van der Waals surface area contributed by atoms with E-state index in [1.165, 1.54) is 11.1 Å². The van der Waals surface area contributed by atoms with Crippen molar-refractivity contribution in [2.24, 2.45) is 12.8 Å². The predicted octanol–water partition coefficient (Wildman–Crippen LogP) is 2.29. The molecule has 1 unspecified atom stereocenters. The zero-order valence-electron chi connectivity index (χ0n) is 9.68. The van der Waals surface area contributed by atoms with Gasteiger partial charge in [-0.2, -0.15) is 16.4 Å². The fraction of sp³-hybridized carbons (Fsp3) is 0.417. The van der Waals surface area contributed by atoms with Crippen molar-refractivity contribution >= 4 is 11.3 Å². The van der Waals surface area contributed by atoms with Crippen molar-refractivity contribution < 1.29 is 0 Å². The molecule has 3 nitrogen and oxygen atoms in total. The van der Waals surface area contributed by atoms with Crippen LogP contribution in [0.5, 0.6) is 0 Å². The lowest BCUT2D eigenvalue weighted by Crippen LogP contribution is -2.14. The Hall–Kier alpha value is -1.13. The molecule has 2 aromatic rings. The van der Waals surface area contributed by atoms with Gasteiger partial charge in [0.25, 0.3) is 0 Å². The molecule has 2 heterocycles. The quantitative estimate of drug-likeness (QED) is 0.883. The van der Waals surface area contributed by atoms with Gasteiger partial charge in [-0.15, -0.1) is 0 Å². The van der Waals surface area contributed by atoms with Crippen molar-refractivity contribution in [1.82, 2.24) is 9.78 Å². The van der Waals surface area contributed by atoms with Crippen LogP contribution >= 0.6 is 11.3 Å². The minimum Gasteiger partial charge on any atom is -0.324 e. The highest BCUT2D eigenvalue weighted by Gasteiger charge is 2.14. The maximum atomic E-state index is 6.23. The lowest BCUT2D eigenvalue weighted by Gasteiger charge is -2.09. The van der Waals surface area contributed by atoms with Crippen molar-refractivity contribution in [2.45, 2.75) is 25.8 Å². The SMILES string of the molecule is CCc1nn(C)cc1C(N)Cc1ccsc1. The average Bonchev–Trinajstić information content (AvgIpc) is 2.86. The molecule has 0 saturated carbocycles. The second-order valence-electron chi connectivity index (χ2n) is 4.00. The first-order valence-electron chi connectivity index (χ1n) is 5.49. The first-order valence-corrected chi connectivity index (χ1v) is 6.44. The molecule has 16 heavy (non-hydrogen) atoms. The summed E-state index contributed by atoms with van der Waals surface area (Å²) in [6.45, 7) is 2.11. The van der Waals surface area contributed by atoms with Crippen molar-refractivity contribution in [3.63, 3.8) is 0 Å². The summed E-state index contributed by atoms with van der Waals surface area (Å²) < 4.78 is 1.85. The number of nitrogens with zero attached hydrogens (tertiary/aromatic N) is 2. The van der Waals surface area contributed by atoms with Crippen LogP contribution in [0.15, 0.2) is 23.0 Å². The van der Waals surface area contributed by atoms with E-state index in [9.17, 15) is 0 Å². The monoisotopic (exact) mass is 235 g/mol. The van der Waals surface area contributed by atoms with Crippen molar-refractivity contribution in [3.05, 3.63) is 39.8 Å². The molecule has 0 aromatic carbocycles. The van der Waals surface area contributed by atoms with E-state index in [0.29, 0.717) is 0 Å². The molecule has 1 atom stereocenters. The summed E-state index contributed by atoms with van der Waals surface area (Å²) in [6.07, 6.45) is 3.87. The number of hydrogen-bond acceptors (Lipinski definition) is 3. The van der Waals surface area contributed by atoms with Gasteiger partial charge in [0, 0.05) is 24.8 Å². The topological polar surface area (TPSA) is 43.8 Å². The van der Waals surface area contributed by atoms with Crippen LogP contribution in [0, 0.1) is 0 Å². The molecule has 0 aliphatic heterocycles. The van der Waals surface area contributed by atoms with E-state index < -0.39 is 0 Å². The molecule has 0 radical (unpaired) electrons. The van der Waals surface area contributed by atoms with Gasteiger partial charge in [0.15, 0.2) is 0 Å². The van der Waals surface area contributed by atoms with Crippen LogP contribution in [0.2, 0.25) is 0 Å². The summed E-state index contributed by atoms with van der Waals surface area (Å²) in [5.74, 6) is 0. The molecular weight excluding hydrogens is 218 g/mol. The van der Waals surface area contributed by atoms with E-state index in [0.717, 1.165) is 18.5 Å². The van der Waals surface area contributed by atoms with Gasteiger partial charge in [0.05, 0.1) is 5.69 Å². The van der Waals surface area contributed by atoms with Crippen LogP contribution in [0.4, 0.5) is 0 Å². The fourth-order valence-corrected chi connectivity index (χ4v) is 2.59. The summed E-state index contributed by atoms with van der Waals surface area (Å²) in [7, 11) is 1.94. The lowest BCUT2D eigenvalue weighted by molar-refractivity contribution is 0.713. The van der Waals surface area contributed by atoms with Gasteiger partial charge in [-0.05, 0) is 35.2 Å². The van der Waals surface area contributed by atoms with Gasteiger partial charge >= 0.3 is 0 Å². The van der Waals surface area contributed by atoms with E-state index in [1.54, 1.807) is 11.3 Å². The maximum Gasteiger partial charge on any atom is 0.0669 e. The minimum atomic E-state index is 0.0539. The molecule has 0 fully saturated rings. The molecule has 0 saturated heterocycles. The van der Waals surface area contributed by atoms with Crippen molar-refractivity contribution in [2.75, 3.05) is 0 Å². The molecule has 2 N–H and O–H groups in total. The Morgan fingerprint density at radius 2 is 2.38 bits per heavy atom. The van der Waals surface area contributed by atoms with Crippen molar-refractivity contribution in [1.29, 1.82) is 0 Å². The molecule has 2 rings (SSSR count). The van der Waals surface area contributed by atoms with E-state index in [4.69, 9.17) is 5.73 Å². The second-order valence-corrected chi connectivity index (χ2v) is 4.78. The Balaban J connectivity index is 2.16. The maximum absolute atomic E-state index is 6.23. The Morgan fingerprint density at radius 3 is 3.00 bits per heavy atom. The highest BCUT2D eigenvalue weighted by Crippen LogP contribution is 2.20. The zero-order valence-corrected chi connectivity index (χ0v) is 10.5.